The minimum Gasteiger partial charge on any atom is -0.309 e. The zero-order valence-electron chi connectivity index (χ0n) is 13.8. The molecule has 25 heavy (non-hydrogen) atoms. The summed E-state index contributed by atoms with van der Waals surface area (Å²) in [5, 5.41) is 0.648. The van der Waals surface area contributed by atoms with Gasteiger partial charge in [-0.2, -0.15) is 0 Å². The zero-order valence-corrected chi connectivity index (χ0v) is 15.3. The van der Waals surface area contributed by atoms with Crippen LogP contribution in [0.15, 0.2) is 53.4 Å². The first-order valence-corrected chi connectivity index (χ1v) is 10.2. The number of hydrogen-bond acceptors (Lipinski definition) is 3. The molecule has 1 amide bonds. The SMILES string of the molecule is CS(=O)(=O)c1ccc2c(c1)CCCN2C(=O)C=Cc1ccc(Cl)cc1. The van der Waals surface area contributed by atoms with Gasteiger partial charge in [-0.05, 0) is 60.4 Å². The third kappa shape index (κ3) is 4.11. The molecule has 3 rings (SSSR count). The first-order chi connectivity index (χ1) is 11.8. The van der Waals surface area contributed by atoms with Gasteiger partial charge in [0.1, 0.15) is 0 Å². The number of sulfone groups is 1. The van der Waals surface area contributed by atoms with Crippen molar-refractivity contribution in [3.63, 3.8) is 0 Å². The van der Waals surface area contributed by atoms with Crippen LogP contribution in [0.3, 0.4) is 0 Å². The second-order valence-corrected chi connectivity index (χ2v) is 8.49. The van der Waals surface area contributed by atoms with Crippen molar-refractivity contribution in [3.05, 3.63) is 64.7 Å². The monoisotopic (exact) mass is 375 g/mol. The van der Waals surface area contributed by atoms with Crippen LogP contribution >= 0.6 is 11.6 Å². The van der Waals surface area contributed by atoms with E-state index in [9.17, 15) is 13.2 Å². The maximum atomic E-state index is 12.6. The van der Waals surface area contributed by atoms with E-state index < -0.39 is 9.84 Å². The summed E-state index contributed by atoms with van der Waals surface area (Å²) in [5.74, 6) is -0.122. The summed E-state index contributed by atoms with van der Waals surface area (Å²) in [4.78, 5) is 14.6. The number of nitrogens with zero attached hydrogens (tertiary/aromatic N) is 1. The Morgan fingerprint density at radius 2 is 1.88 bits per heavy atom. The number of amides is 1. The van der Waals surface area contributed by atoms with Gasteiger partial charge in [-0.1, -0.05) is 23.7 Å². The molecule has 0 N–H and O–H groups in total. The molecule has 0 aromatic heterocycles. The molecular formula is C19H18ClNO3S. The molecule has 0 unspecified atom stereocenters. The lowest BCUT2D eigenvalue weighted by molar-refractivity contribution is -0.114. The third-order valence-electron chi connectivity index (χ3n) is 4.15. The van der Waals surface area contributed by atoms with Gasteiger partial charge in [0.2, 0.25) is 0 Å². The fraction of sp³-hybridized carbons (Fsp3) is 0.211. The second kappa shape index (κ2) is 7.02. The molecule has 0 radical (unpaired) electrons. The van der Waals surface area contributed by atoms with Gasteiger partial charge in [0, 0.05) is 29.6 Å². The number of hydrogen-bond donors (Lipinski definition) is 0. The van der Waals surface area contributed by atoms with Crippen LogP contribution in [0.25, 0.3) is 6.08 Å². The maximum Gasteiger partial charge on any atom is 0.250 e. The Kier molecular flexibility index (Phi) is 4.97. The van der Waals surface area contributed by atoms with Crippen LogP contribution in [0.4, 0.5) is 5.69 Å². The number of halogens is 1. The Morgan fingerprint density at radius 1 is 1.16 bits per heavy atom. The van der Waals surface area contributed by atoms with Gasteiger partial charge in [-0.15, -0.1) is 0 Å². The van der Waals surface area contributed by atoms with Crippen LogP contribution in [0, 0.1) is 0 Å². The molecule has 6 heteroatoms. The third-order valence-corrected chi connectivity index (χ3v) is 5.51. The van der Waals surface area contributed by atoms with Crippen LogP contribution in [-0.4, -0.2) is 27.1 Å². The topological polar surface area (TPSA) is 54.5 Å². The summed E-state index contributed by atoms with van der Waals surface area (Å²) in [6, 6.07) is 12.2. The fourth-order valence-electron chi connectivity index (χ4n) is 2.86. The number of fused-ring (bicyclic) bond motifs is 1. The molecule has 0 saturated carbocycles. The summed E-state index contributed by atoms with van der Waals surface area (Å²) in [6.45, 7) is 0.620. The highest BCUT2D eigenvalue weighted by Crippen LogP contribution is 2.29. The molecule has 0 saturated heterocycles. The number of carbonyl (C=O) groups excluding carboxylic acids is 1. The molecule has 0 atom stereocenters. The summed E-state index contributed by atoms with van der Waals surface area (Å²) in [5.41, 5.74) is 2.56. The molecule has 4 nitrogen and oxygen atoms in total. The van der Waals surface area contributed by atoms with Gasteiger partial charge < -0.3 is 4.90 Å². The largest absolute Gasteiger partial charge is 0.309 e. The van der Waals surface area contributed by atoms with Gasteiger partial charge in [0.25, 0.3) is 5.91 Å². The van der Waals surface area contributed by atoms with Crippen LogP contribution in [0.2, 0.25) is 5.02 Å². The standard InChI is InChI=1S/C19H18ClNO3S/c1-25(23,24)17-9-10-18-15(13-17)3-2-12-21(18)19(22)11-6-14-4-7-16(20)8-5-14/h4-11,13H,2-3,12H2,1H3. The quantitative estimate of drug-likeness (QED) is 0.768. The molecule has 1 heterocycles. The van der Waals surface area contributed by atoms with E-state index in [0.29, 0.717) is 11.6 Å². The van der Waals surface area contributed by atoms with Gasteiger partial charge in [-0.3, -0.25) is 4.79 Å². The predicted molar refractivity (Wildman–Crippen MR) is 101 cm³/mol. The van der Waals surface area contributed by atoms with Gasteiger partial charge in [0.15, 0.2) is 9.84 Å². The predicted octanol–water partition coefficient (Wildman–Crippen LogP) is 3.74. The smallest absolute Gasteiger partial charge is 0.250 e. The number of anilines is 1. The Hall–Kier alpha value is -2.11. The van der Waals surface area contributed by atoms with Gasteiger partial charge in [0.05, 0.1) is 4.90 Å². The van der Waals surface area contributed by atoms with Crippen molar-refractivity contribution in [1.82, 2.24) is 0 Å². The van der Waals surface area contributed by atoms with Crippen LogP contribution in [0.1, 0.15) is 17.5 Å². The summed E-state index contributed by atoms with van der Waals surface area (Å²) in [6.07, 6.45) is 6.04. The molecule has 1 aliphatic heterocycles. The number of rotatable bonds is 3. The van der Waals surface area contributed by atoms with Crippen LogP contribution in [-0.2, 0) is 21.1 Å². The van der Waals surface area contributed by atoms with E-state index in [1.807, 2.05) is 12.1 Å². The van der Waals surface area contributed by atoms with Gasteiger partial charge in [-0.25, -0.2) is 8.42 Å². The lowest BCUT2D eigenvalue weighted by Gasteiger charge is -2.29. The number of benzene rings is 2. The zero-order chi connectivity index (χ0) is 18.0. The molecule has 0 spiro atoms. The molecule has 2 aromatic carbocycles. The van der Waals surface area contributed by atoms with Crippen molar-refractivity contribution in [2.45, 2.75) is 17.7 Å². The normalized spacial score (nSPS) is 14.6. The summed E-state index contributed by atoms with van der Waals surface area (Å²) < 4.78 is 23.4. The maximum absolute atomic E-state index is 12.6. The minimum absolute atomic E-state index is 0.122. The minimum atomic E-state index is -3.25. The van der Waals surface area contributed by atoms with E-state index in [0.717, 1.165) is 29.7 Å². The van der Waals surface area contributed by atoms with Crippen LogP contribution in [0.5, 0.6) is 0 Å². The van der Waals surface area contributed by atoms with Crippen molar-refractivity contribution in [2.75, 3.05) is 17.7 Å². The highest BCUT2D eigenvalue weighted by molar-refractivity contribution is 7.90. The molecule has 2 aromatic rings. The molecular weight excluding hydrogens is 358 g/mol. The first kappa shape index (κ1) is 17.7. The van der Waals surface area contributed by atoms with E-state index in [1.165, 1.54) is 12.3 Å². The summed E-state index contributed by atoms with van der Waals surface area (Å²) in [7, 11) is -3.25. The Bertz CT molecular complexity index is 934. The van der Waals surface area contributed by atoms with Crippen molar-refractivity contribution >= 4 is 39.1 Å². The average Bonchev–Trinajstić information content (AvgIpc) is 2.59. The molecule has 0 fully saturated rings. The Balaban J connectivity index is 1.85. The van der Waals surface area contributed by atoms with Crippen molar-refractivity contribution < 1.29 is 13.2 Å². The second-order valence-electron chi connectivity index (χ2n) is 6.04. The molecule has 0 bridgehead atoms. The Morgan fingerprint density at radius 3 is 2.56 bits per heavy atom. The van der Waals surface area contributed by atoms with E-state index in [-0.39, 0.29) is 10.8 Å². The lowest BCUT2D eigenvalue weighted by Crippen LogP contribution is -2.34. The molecule has 130 valence electrons. The van der Waals surface area contributed by atoms with E-state index >= 15 is 0 Å². The molecule has 0 aliphatic carbocycles. The van der Waals surface area contributed by atoms with Crippen molar-refractivity contribution in [2.24, 2.45) is 0 Å². The van der Waals surface area contributed by atoms with Crippen LogP contribution < -0.4 is 4.90 Å². The van der Waals surface area contributed by atoms with Crippen molar-refractivity contribution in [3.8, 4) is 0 Å². The lowest BCUT2D eigenvalue weighted by atomic mass is 10.0. The van der Waals surface area contributed by atoms with E-state index in [1.54, 1.807) is 41.3 Å². The average molecular weight is 376 g/mol. The Labute approximate surface area is 152 Å². The first-order valence-electron chi connectivity index (χ1n) is 7.93. The van der Waals surface area contributed by atoms with Gasteiger partial charge >= 0.3 is 0 Å². The van der Waals surface area contributed by atoms with E-state index in [4.69, 9.17) is 11.6 Å². The highest BCUT2D eigenvalue weighted by Gasteiger charge is 2.22. The van der Waals surface area contributed by atoms with Crippen molar-refractivity contribution in [1.29, 1.82) is 0 Å². The fourth-order valence-corrected chi connectivity index (χ4v) is 3.66. The molecule has 1 aliphatic rings. The summed E-state index contributed by atoms with van der Waals surface area (Å²) >= 11 is 5.86. The number of aryl methyl sites for hydroxylation is 1. The van der Waals surface area contributed by atoms with E-state index in [2.05, 4.69) is 0 Å². The number of carbonyl (C=O) groups is 1. The highest BCUT2D eigenvalue weighted by atomic mass is 35.5.